The molecule has 1 aliphatic rings. The van der Waals surface area contributed by atoms with E-state index in [2.05, 4.69) is 10.3 Å². The molecule has 8 rings (SSSR count). The van der Waals surface area contributed by atoms with Crippen LogP contribution < -0.4 is 10.2 Å². The molecule has 0 fully saturated rings. The van der Waals surface area contributed by atoms with Crippen molar-refractivity contribution in [2.45, 2.75) is 12.8 Å². The van der Waals surface area contributed by atoms with Gasteiger partial charge in [0, 0.05) is 30.0 Å². The number of rotatable bonds is 3. The third kappa shape index (κ3) is 6.97. The van der Waals surface area contributed by atoms with E-state index in [1.165, 1.54) is 48.4 Å². The number of aromatic hydroxyl groups is 2. The molecule has 2 N–H and O–H groups in total. The van der Waals surface area contributed by atoms with Crippen LogP contribution in [0.4, 0.5) is 0 Å². The molecule has 2 unspecified atom stereocenters. The normalized spacial score (nSPS) is 14.4. The summed E-state index contributed by atoms with van der Waals surface area (Å²) >= 11 is -1.36. The topological polar surface area (TPSA) is 145 Å². The van der Waals surface area contributed by atoms with Crippen LogP contribution in [-0.4, -0.2) is 49.2 Å². The smallest absolute Gasteiger partial charge is 0.200 e. The number of phenolic OH excluding ortho intramolecular Hbond substituents is 2. The lowest BCUT2D eigenvalue weighted by Gasteiger charge is -2.25. The van der Waals surface area contributed by atoms with E-state index in [1.54, 1.807) is 16.8 Å². The van der Waals surface area contributed by atoms with Crippen LogP contribution in [-0.2, 0) is 11.6 Å². The highest BCUT2D eigenvalue weighted by molar-refractivity contribution is 7.64. The SMILES string of the molecule is Cc1ccc(C2COc3cc(-n4nnc5ccccc54)ccc3C2=O)cc1.O=c1c(-c2ccc(O)cc2)coc2cc(O)ccc12.[2H]S(C)=O. The number of carbonyl (C=O) groups excluding carboxylic acids is 1. The van der Waals surface area contributed by atoms with Gasteiger partial charge in [-0.2, -0.15) is 0 Å². The predicted octanol–water partition coefficient (Wildman–Crippen LogP) is 6.52. The lowest BCUT2D eigenvalue weighted by atomic mass is 9.88. The number of hydrogen-bond acceptors (Lipinski definition) is 9. The first-order chi connectivity index (χ1) is 24.1. The Morgan fingerprint density at radius 2 is 1.59 bits per heavy atom. The molecule has 0 saturated carbocycles. The van der Waals surface area contributed by atoms with Gasteiger partial charge in [0.15, 0.2) is 11.2 Å². The second-order valence-electron chi connectivity index (χ2n) is 11.2. The van der Waals surface area contributed by atoms with Crippen molar-refractivity contribution in [3.63, 3.8) is 0 Å². The van der Waals surface area contributed by atoms with E-state index < -0.39 is 11.6 Å². The van der Waals surface area contributed by atoms with Crippen molar-refractivity contribution in [3.8, 4) is 34.1 Å². The number of Topliss-reactive ketones (excluding diaryl/α,β-unsaturated/α-hetero) is 1. The number of fused-ring (bicyclic) bond motifs is 3. The molecule has 246 valence electrons. The van der Waals surface area contributed by atoms with Crippen molar-refractivity contribution in [2.24, 2.45) is 0 Å². The van der Waals surface area contributed by atoms with Crippen LogP contribution in [0.15, 0.2) is 125 Å². The van der Waals surface area contributed by atoms with Crippen molar-refractivity contribution >= 4 is 39.4 Å². The Morgan fingerprint density at radius 3 is 2.35 bits per heavy atom. The molecule has 2 atom stereocenters. The first-order valence-corrected chi connectivity index (χ1v) is 16.3. The average Bonchev–Trinajstić information content (AvgIpc) is 3.54. The van der Waals surface area contributed by atoms with Gasteiger partial charge in [0.1, 0.15) is 42.3 Å². The average molecular weight is 675 g/mol. The quantitative estimate of drug-likeness (QED) is 0.178. The van der Waals surface area contributed by atoms with Gasteiger partial charge >= 0.3 is 0 Å². The number of para-hydroxylation sites is 1. The number of thiol groups is 1. The van der Waals surface area contributed by atoms with Crippen molar-refractivity contribution in [1.29, 1.82) is 1.12 Å². The summed E-state index contributed by atoms with van der Waals surface area (Å²) in [5, 5.41) is 27.4. The molecule has 2 aromatic heterocycles. The molecule has 0 spiro atoms. The van der Waals surface area contributed by atoms with E-state index in [0.29, 0.717) is 40.0 Å². The minimum Gasteiger partial charge on any atom is -0.508 e. The Balaban J connectivity index is 0.000000164. The highest BCUT2D eigenvalue weighted by Gasteiger charge is 2.30. The zero-order chi connectivity index (χ0) is 35.4. The van der Waals surface area contributed by atoms with Crippen molar-refractivity contribution in [3.05, 3.63) is 142 Å². The van der Waals surface area contributed by atoms with E-state index in [1.807, 2.05) is 73.7 Å². The first-order valence-electron chi connectivity index (χ1n) is 15.6. The highest BCUT2D eigenvalue weighted by atomic mass is 32.1. The molecular weight excluding hydrogens is 642 g/mol. The Kier molecular flexibility index (Phi) is 9.24. The van der Waals surface area contributed by atoms with E-state index in [4.69, 9.17) is 10.3 Å². The number of aromatic nitrogens is 3. The summed E-state index contributed by atoms with van der Waals surface area (Å²) < 4.78 is 28.4. The Hall–Kier alpha value is -6.07. The summed E-state index contributed by atoms with van der Waals surface area (Å²) in [5.74, 6) is 0.610. The summed E-state index contributed by atoms with van der Waals surface area (Å²) in [6, 6.07) is 32.1. The van der Waals surface area contributed by atoms with Crippen molar-refractivity contribution in [1.82, 2.24) is 15.0 Å². The standard InChI is InChI=1S/C22H17N3O2.C15H10O4.CH4OS/c1-14-6-8-15(9-7-14)18-13-27-21-12-16(10-11-17(21)22(18)26)25-20-5-3-2-4-19(20)23-24-25;16-10-3-1-9(2-4-10)13-8-19-14-7-11(17)5-6-12(14)15(13)18;1-3-2/h2-12,18H,13H2,1H3;1-8,16-17H;3H,1H3/i;;3D. The fraction of sp³-hybridized carbons (Fsp3) is 0.105. The van der Waals surface area contributed by atoms with Crippen molar-refractivity contribution < 1.29 is 28.4 Å². The highest BCUT2D eigenvalue weighted by Crippen LogP contribution is 2.34. The predicted molar refractivity (Wildman–Crippen MR) is 189 cm³/mol. The summed E-state index contributed by atoms with van der Waals surface area (Å²) in [6.07, 6.45) is 2.66. The van der Waals surface area contributed by atoms with Crippen LogP contribution >= 0.6 is 0 Å². The van der Waals surface area contributed by atoms with Crippen LogP contribution in [0.1, 0.15) is 27.4 Å². The van der Waals surface area contributed by atoms with Gasteiger partial charge in [0.05, 0.1) is 33.6 Å². The molecule has 49 heavy (non-hydrogen) atoms. The maximum absolute atomic E-state index is 13.0. The first kappa shape index (κ1) is 31.5. The Morgan fingerprint density at radius 1 is 0.878 bits per heavy atom. The maximum atomic E-state index is 13.0. The Labute approximate surface area is 285 Å². The van der Waals surface area contributed by atoms with Crippen LogP contribution in [0.5, 0.6) is 17.2 Å². The largest absolute Gasteiger partial charge is 0.508 e. The maximum Gasteiger partial charge on any atom is 0.200 e. The molecule has 5 aromatic carbocycles. The number of ketones is 1. The van der Waals surface area contributed by atoms with E-state index in [0.717, 1.165) is 22.3 Å². The van der Waals surface area contributed by atoms with Gasteiger partial charge in [-0.1, -0.05) is 59.3 Å². The Bertz CT molecular complexity index is 2400. The monoisotopic (exact) mass is 674 g/mol. The lowest BCUT2D eigenvalue weighted by molar-refractivity contribution is 0.0896. The fourth-order valence-corrected chi connectivity index (χ4v) is 5.47. The lowest BCUT2D eigenvalue weighted by Crippen LogP contribution is -2.26. The molecule has 0 radical (unpaired) electrons. The third-order valence-electron chi connectivity index (χ3n) is 7.97. The number of benzene rings is 5. The summed E-state index contributed by atoms with van der Waals surface area (Å²) in [7, 11) is 0. The number of hydrogen-bond donors (Lipinski definition) is 3. The summed E-state index contributed by atoms with van der Waals surface area (Å²) in [5.41, 5.74) is 6.59. The van der Waals surface area contributed by atoms with E-state index in [9.17, 15) is 24.0 Å². The minimum absolute atomic E-state index is 0.0491. The number of nitrogens with zero attached hydrogens (tertiary/aromatic N) is 3. The van der Waals surface area contributed by atoms with E-state index in [-0.39, 0.29) is 28.6 Å². The molecular formula is C38H31N3O7S. The molecule has 0 aliphatic carbocycles. The van der Waals surface area contributed by atoms with E-state index >= 15 is 0 Å². The summed E-state index contributed by atoms with van der Waals surface area (Å²) in [4.78, 5) is 25.3. The van der Waals surface area contributed by atoms with Crippen LogP contribution in [0.2, 0.25) is 0 Å². The van der Waals surface area contributed by atoms with Gasteiger partial charge in [-0.05, 0) is 66.6 Å². The molecule has 1 aliphatic heterocycles. The molecule has 10 nitrogen and oxygen atoms in total. The number of carbonyl (C=O) groups is 1. The van der Waals surface area contributed by atoms with Gasteiger partial charge in [-0.15, -0.1) is 5.10 Å². The molecule has 0 saturated heterocycles. The second-order valence-corrected chi connectivity index (χ2v) is 11.5. The fourth-order valence-electron chi connectivity index (χ4n) is 5.47. The van der Waals surface area contributed by atoms with Crippen LogP contribution in [0.25, 0.3) is 38.8 Å². The zero-order valence-corrected chi connectivity index (χ0v) is 27.3. The van der Waals surface area contributed by atoms with Crippen molar-refractivity contribution in [2.75, 3.05) is 12.9 Å². The molecule has 0 bridgehead atoms. The van der Waals surface area contributed by atoms with Crippen LogP contribution in [0.3, 0.4) is 0 Å². The number of aryl methyl sites for hydroxylation is 1. The van der Waals surface area contributed by atoms with Gasteiger partial charge in [0.25, 0.3) is 0 Å². The molecule has 0 amide bonds. The third-order valence-corrected chi connectivity index (χ3v) is 7.97. The zero-order valence-electron chi connectivity index (χ0n) is 27.4. The number of phenols is 2. The van der Waals surface area contributed by atoms with Gasteiger partial charge in [-0.25, -0.2) is 4.68 Å². The number of ether oxygens (including phenoxy) is 1. The molecule has 7 aromatic rings. The molecule has 3 heterocycles. The van der Waals surface area contributed by atoms with Gasteiger partial charge in [0.2, 0.25) is 0 Å². The summed E-state index contributed by atoms with van der Waals surface area (Å²) in [6.45, 7) is 2.38. The second kappa shape index (κ2) is 14.4. The van der Waals surface area contributed by atoms with Gasteiger partial charge < -0.3 is 19.4 Å². The molecule has 11 heteroatoms. The van der Waals surface area contributed by atoms with Crippen LogP contribution in [0, 0.1) is 6.92 Å². The van der Waals surface area contributed by atoms with Gasteiger partial charge in [-0.3, -0.25) is 13.8 Å². The minimum atomic E-state index is -1.36.